The fourth-order valence-electron chi connectivity index (χ4n) is 2.27. The zero-order valence-electron chi connectivity index (χ0n) is 15.5. The third-order valence-electron chi connectivity index (χ3n) is 3.18. The average Bonchev–Trinajstić information content (AvgIpc) is 2.77. The largest absolute Gasteiger partial charge is 0.469 e. The molecule has 1 aliphatic heterocycles. The Kier molecular flexibility index (Phi) is 6.08. The van der Waals surface area contributed by atoms with Crippen molar-refractivity contribution < 1.29 is 28.6 Å². The molecule has 0 bridgehead atoms. The van der Waals surface area contributed by atoms with E-state index in [0.717, 1.165) is 0 Å². The van der Waals surface area contributed by atoms with Crippen molar-refractivity contribution in [2.75, 3.05) is 20.2 Å². The van der Waals surface area contributed by atoms with Gasteiger partial charge in [-0.25, -0.2) is 9.59 Å². The number of esters is 1. The van der Waals surface area contributed by atoms with E-state index < -0.39 is 41.3 Å². The average molecular weight is 344 g/mol. The Bertz CT molecular complexity index is 492. The van der Waals surface area contributed by atoms with Crippen LogP contribution in [0.2, 0.25) is 0 Å². The van der Waals surface area contributed by atoms with Crippen LogP contribution in [0.1, 0.15) is 41.5 Å². The summed E-state index contributed by atoms with van der Waals surface area (Å²) in [7, 11) is 1.27. The second-order valence-electron chi connectivity index (χ2n) is 7.77. The van der Waals surface area contributed by atoms with E-state index in [1.165, 1.54) is 12.0 Å². The van der Waals surface area contributed by atoms with Crippen LogP contribution in [-0.4, -0.2) is 60.5 Å². The smallest absolute Gasteiger partial charge is 0.410 e. The number of hydrogen-bond donors (Lipinski definition) is 1. The summed E-state index contributed by atoms with van der Waals surface area (Å²) >= 11 is 0. The zero-order chi connectivity index (χ0) is 18.7. The number of hydrogen-bond acceptors (Lipinski definition) is 6. The van der Waals surface area contributed by atoms with Gasteiger partial charge in [0.15, 0.2) is 0 Å². The number of methoxy groups -OCH3 is 1. The van der Waals surface area contributed by atoms with Gasteiger partial charge in [-0.05, 0) is 41.5 Å². The zero-order valence-corrected chi connectivity index (χ0v) is 15.5. The summed E-state index contributed by atoms with van der Waals surface area (Å²) in [6.07, 6.45) is -1.18. The summed E-state index contributed by atoms with van der Waals surface area (Å²) in [5.74, 6) is -1.17. The molecule has 0 aromatic rings. The molecule has 1 heterocycles. The van der Waals surface area contributed by atoms with Crippen LogP contribution in [-0.2, 0) is 19.0 Å². The number of amides is 2. The summed E-state index contributed by atoms with van der Waals surface area (Å²) in [6, 6.07) is -0.597. The lowest BCUT2D eigenvalue weighted by Crippen LogP contribution is -2.45. The van der Waals surface area contributed by atoms with E-state index in [-0.39, 0.29) is 13.1 Å². The molecule has 0 aromatic carbocycles. The fourth-order valence-corrected chi connectivity index (χ4v) is 2.27. The summed E-state index contributed by atoms with van der Waals surface area (Å²) in [5.41, 5.74) is -1.30. The molecule has 8 nitrogen and oxygen atoms in total. The Morgan fingerprint density at radius 3 is 1.96 bits per heavy atom. The van der Waals surface area contributed by atoms with Crippen LogP contribution in [0, 0.1) is 5.92 Å². The van der Waals surface area contributed by atoms with Crippen molar-refractivity contribution >= 4 is 18.2 Å². The predicted molar refractivity (Wildman–Crippen MR) is 86.5 cm³/mol. The molecular weight excluding hydrogens is 316 g/mol. The summed E-state index contributed by atoms with van der Waals surface area (Å²) in [4.78, 5) is 37.5. The number of ether oxygens (including phenoxy) is 3. The Labute approximate surface area is 142 Å². The monoisotopic (exact) mass is 344 g/mol. The van der Waals surface area contributed by atoms with Crippen molar-refractivity contribution in [3.8, 4) is 0 Å². The minimum Gasteiger partial charge on any atom is -0.469 e. The van der Waals surface area contributed by atoms with Crippen molar-refractivity contribution in [1.29, 1.82) is 0 Å². The number of rotatable bonds is 2. The first-order valence-corrected chi connectivity index (χ1v) is 7.87. The van der Waals surface area contributed by atoms with Gasteiger partial charge in [-0.15, -0.1) is 0 Å². The van der Waals surface area contributed by atoms with Crippen molar-refractivity contribution in [2.24, 2.45) is 5.92 Å². The third-order valence-corrected chi connectivity index (χ3v) is 3.18. The molecule has 0 radical (unpaired) electrons. The molecule has 138 valence electrons. The lowest BCUT2D eigenvalue weighted by atomic mass is 10.0. The Morgan fingerprint density at radius 1 is 0.958 bits per heavy atom. The number of nitrogens with zero attached hydrogens (tertiary/aromatic N) is 1. The van der Waals surface area contributed by atoms with Gasteiger partial charge in [0.25, 0.3) is 0 Å². The molecule has 0 aliphatic carbocycles. The van der Waals surface area contributed by atoms with E-state index in [1.807, 2.05) is 0 Å². The van der Waals surface area contributed by atoms with Crippen LogP contribution >= 0.6 is 0 Å². The number of likely N-dealkylation sites (tertiary alicyclic amines) is 1. The van der Waals surface area contributed by atoms with Crippen molar-refractivity contribution in [1.82, 2.24) is 10.2 Å². The molecule has 1 saturated heterocycles. The summed E-state index contributed by atoms with van der Waals surface area (Å²) in [6.45, 7) is 10.8. The van der Waals surface area contributed by atoms with Crippen LogP contribution < -0.4 is 5.32 Å². The van der Waals surface area contributed by atoms with E-state index >= 15 is 0 Å². The lowest BCUT2D eigenvalue weighted by molar-refractivity contribution is -0.145. The van der Waals surface area contributed by atoms with Crippen molar-refractivity contribution in [2.45, 2.75) is 58.8 Å². The molecule has 0 unspecified atom stereocenters. The lowest BCUT2D eigenvalue weighted by Gasteiger charge is -2.24. The maximum atomic E-state index is 12.2. The van der Waals surface area contributed by atoms with Crippen molar-refractivity contribution in [3.05, 3.63) is 0 Å². The van der Waals surface area contributed by atoms with Gasteiger partial charge in [0, 0.05) is 13.1 Å². The van der Waals surface area contributed by atoms with Crippen LogP contribution in [0.5, 0.6) is 0 Å². The normalized spacial score (nSPS) is 21.2. The second-order valence-corrected chi connectivity index (χ2v) is 7.77. The first kappa shape index (κ1) is 20.1. The van der Waals surface area contributed by atoms with E-state index in [4.69, 9.17) is 14.2 Å². The Hall–Kier alpha value is -1.99. The topological polar surface area (TPSA) is 94.2 Å². The Balaban J connectivity index is 2.79. The number of nitrogens with one attached hydrogen (secondary N) is 1. The SMILES string of the molecule is COC(=O)[C@H]1CN(C(=O)OC(C)(C)C)C[C@H]1NC(=O)OC(C)(C)C. The van der Waals surface area contributed by atoms with Crippen LogP contribution in [0.15, 0.2) is 0 Å². The molecule has 1 N–H and O–H groups in total. The molecule has 2 amide bonds. The van der Waals surface area contributed by atoms with Gasteiger partial charge in [0.05, 0.1) is 19.1 Å². The van der Waals surface area contributed by atoms with Gasteiger partial charge in [-0.2, -0.15) is 0 Å². The minimum absolute atomic E-state index is 0.113. The standard InChI is InChI=1S/C16H28N2O6/c1-15(2,3)23-13(20)17-11-9-18(8-10(11)12(19)22-7)14(21)24-16(4,5)6/h10-11H,8-9H2,1-7H3,(H,17,20)/t10-,11+/m0/s1. The first-order valence-electron chi connectivity index (χ1n) is 7.87. The van der Waals surface area contributed by atoms with E-state index in [1.54, 1.807) is 41.5 Å². The molecule has 0 aromatic heterocycles. The van der Waals surface area contributed by atoms with Crippen molar-refractivity contribution in [3.63, 3.8) is 0 Å². The molecule has 24 heavy (non-hydrogen) atoms. The maximum absolute atomic E-state index is 12.2. The van der Waals surface area contributed by atoms with Gasteiger partial charge in [-0.1, -0.05) is 0 Å². The molecule has 2 atom stereocenters. The number of carbonyl (C=O) groups is 3. The highest BCUT2D eigenvalue weighted by Crippen LogP contribution is 2.22. The predicted octanol–water partition coefficient (Wildman–Crippen LogP) is 1.92. The quantitative estimate of drug-likeness (QED) is 0.607. The van der Waals surface area contributed by atoms with Gasteiger partial charge in [0.1, 0.15) is 11.2 Å². The number of alkyl carbamates (subject to hydrolysis) is 1. The van der Waals surface area contributed by atoms with Gasteiger partial charge >= 0.3 is 18.2 Å². The molecule has 1 fully saturated rings. The Morgan fingerprint density at radius 2 is 1.50 bits per heavy atom. The maximum Gasteiger partial charge on any atom is 0.410 e. The number of carbonyl (C=O) groups excluding carboxylic acids is 3. The molecule has 1 rings (SSSR count). The van der Waals surface area contributed by atoms with Crippen LogP contribution in [0.25, 0.3) is 0 Å². The molecular formula is C16H28N2O6. The second kappa shape index (κ2) is 7.27. The van der Waals surface area contributed by atoms with Gasteiger partial charge in [-0.3, -0.25) is 4.79 Å². The minimum atomic E-state index is -0.671. The van der Waals surface area contributed by atoms with Crippen LogP contribution in [0.4, 0.5) is 9.59 Å². The molecule has 0 saturated carbocycles. The summed E-state index contributed by atoms with van der Waals surface area (Å²) < 4.78 is 15.3. The van der Waals surface area contributed by atoms with E-state index in [9.17, 15) is 14.4 Å². The van der Waals surface area contributed by atoms with Crippen LogP contribution in [0.3, 0.4) is 0 Å². The van der Waals surface area contributed by atoms with E-state index in [0.29, 0.717) is 0 Å². The summed E-state index contributed by atoms with van der Waals surface area (Å²) in [5, 5.41) is 2.64. The highest BCUT2D eigenvalue weighted by Gasteiger charge is 2.43. The molecule has 1 aliphatic rings. The fraction of sp³-hybridized carbons (Fsp3) is 0.812. The third kappa shape index (κ3) is 6.25. The molecule has 8 heteroatoms. The highest BCUT2D eigenvalue weighted by atomic mass is 16.6. The first-order chi connectivity index (χ1) is 10.8. The van der Waals surface area contributed by atoms with Gasteiger partial charge in [0.2, 0.25) is 0 Å². The molecule has 0 spiro atoms. The van der Waals surface area contributed by atoms with Gasteiger partial charge < -0.3 is 24.4 Å². The highest BCUT2D eigenvalue weighted by molar-refractivity contribution is 5.78. The van der Waals surface area contributed by atoms with E-state index in [2.05, 4.69) is 5.32 Å².